The van der Waals surface area contributed by atoms with Gasteiger partial charge in [-0.15, -0.1) is 0 Å². The maximum atomic E-state index is 11.9. The van der Waals surface area contributed by atoms with Crippen LogP contribution in [0.15, 0.2) is 24.3 Å². The predicted octanol–water partition coefficient (Wildman–Crippen LogP) is 3.22. The molecule has 1 aliphatic rings. The van der Waals surface area contributed by atoms with Gasteiger partial charge in [-0.1, -0.05) is 12.1 Å². The van der Waals surface area contributed by atoms with Gasteiger partial charge in [0.25, 0.3) is 0 Å². The van der Waals surface area contributed by atoms with E-state index in [9.17, 15) is 14.7 Å². The fraction of sp³-hybridized carbons (Fsp3) is 0.619. The SMILES string of the molecule is CC(C)(C)OC(=O)NC(Cc1ccc(OCB2OC(C)(C)C(C)(C)O2)cc1)C(=O)O. The third-order valence-corrected chi connectivity index (χ3v) is 5.04. The molecule has 1 aliphatic heterocycles. The number of carbonyl (C=O) groups excluding carboxylic acids is 1. The maximum Gasteiger partial charge on any atom is 0.498 e. The van der Waals surface area contributed by atoms with Crippen molar-refractivity contribution >= 4 is 19.2 Å². The number of carboxylic acids is 1. The van der Waals surface area contributed by atoms with Crippen molar-refractivity contribution in [2.24, 2.45) is 0 Å². The Kier molecular flexibility index (Phi) is 7.09. The Bertz CT molecular complexity index is 740. The van der Waals surface area contributed by atoms with Gasteiger partial charge in [-0.2, -0.15) is 0 Å². The van der Waals surface area contributed by atoms with Crippen LogP contribution in [0.25, 0.3) is 0 Å². The van der Waals surface area contributed by atoms with Crippen LogP contribution in [0.3, 0.4) is 0 Å². The van der Waals surface area contributed by atoms with Crippen molar-refractivity contribution in [3.8, 4) is 5.75 Å². The van der Waals surface area contributed by atoms with Gasteiger partial charge in [0.15, 0.2) is 0 Å². The number of rotatable bonds is 7. The maximum absolute atomic E-state index is 11.9. The second kappa shape index (κ2) is 8.85. The molecule has 1 amide bonds. The van der Waals surface area contributed by atoms with Gasteiger partial charge in [0.05, 0.1) is 11.2 Å². The van der Waals surface area contributed by atoms with E-state index in [1.54, 1.807) is 45.0 Å². The minimum Gasteiger partial charge on any atom is -0.496 e. The smallest absolute Gasteiger partial charge is 0.496 e. The molecule has 1 unspecified atom stereocenters. The van der Waals surface area contributed by atoms with Crippen LogP contribution < -0.4 is 10.1 Å². The van der Waals surface area contributed by atoms with E-state index < -0.39 is 42.0 Å². The Morgan fingerprint density at radius 2 is 1.63 bits per heavy atom. The molecule has 0 spiro atoms. The highest BCUT2D eigenvalue weighted by Gasteiger charge is 2.51. The molecule has 0 radical (unpaired) electrons. The molecule has 8 nitrogen and oxygen atoms in total. The number of benzene rings is 1. The van der Waals surface area contributed by atoms with Crippen molar-refractivity contribution in [2.75, 3.05) is 6.51 Å². The van der Waals surface area contributed by atoms with Gasteiger partial charge in [-0.05, 0) is 66.2 Å². The molecular formula is C21H32BNO7. The Morgan fingerprint density at radius 1 is 1.10 bits per heavy atom. The molecule has 2 N–H and O–H groups in total. The van der Waals surface area contributed by atoms with Gasteiger partial charge >= 0.3 is 19.2 Å². The van der Waals surface area contributed by atoms with Gasteiger partial charge in [0.1, 0.15) is 23.9 Å². The first kappa shape index (κ1) is 24.0. The molecule has 0 aliphatic carbocycles. The summed E-state index contributed by atoms with van der Waals surface area (Å²) < 4.78 is 22.7. The standard InChI is InChI=1S/C21H32BNO7/c1-19(2,3)28-18(26)23-16(17(24)25)12-14-8-10-15(11-9-14)27-13-22-29-20(4,5)21(6,7)30-22/h8-11,16H,12-13H2,1-7H3,(H,23,26)(H,24,25). The summed E-state index contributed by atoms with van der Waals surface area (Å²) >= 11 is 0. The van der Waals surface area contributed by atoms with Gasteiger partial charge in [-0.25, -0.2) is 9.59 Å². The molecule has 1 heterocycles. The number of hydrogen-bond acceptors (Lipinski definition) is 6. The zero-order valence-electron chi connectivity index (χ0n) is 18.8. The van der Waals surface area contributed by atoms with Crippen LogP contribution in [0.5, 0.6) is 5.75 Å². The first-order valence-electron chi connectivity index (χ1n) is 9.98. The second-order valence-corrected chi connectivity index (χ2v) is 9.38. The lowest BCUT2D eigenvalue weighted by Gasteiger charge is -2.32. The summed E-state index contributed by atoms with van der Waals surface area (Å²) in [5.74, 6) is -0.526. The number of aliphatic carboxylic acids is 1. The summed E-state index contributed by atoms with van der Waals surface area (Å²) in [6.07, 6.45) is -0.649. The van der Waals surface area contributed by atoms with Crippen LogP contribution in [0.1, 0.15) is 54.0 Å². The summed E-state index contributed by atoms with van der Waals surface area (Å²) in [6.45, 7) is 13.3. The van der Waals surface area contributed by atoms with Crippen molar-refractivity contribution in [3.63, 3.8) is 0 Å². The molecule has 166 valence electrons. The molecule has 1 saturated heterocycles. The number of alkyl carbamates (subject to hydrolysis) is 1. The summed E-state index contributed by atoms with van der Waals surface area (Å²) in [5.41, 5.74) is -0.805. The van der Waals surface area contributed by atoms with E-state index in [1.807, 2.05) is 27.7 Å². The lowest BCUT2D eigenvalue weighted by atomic mass is 9.90. The molecule has 1 aromatic rings. The van der Waals surface area contributed by atoms with Gasteiger partial charge < -0.3 is 29.2 Å². The number of ether oxygens (including phenoxy) is 2. The molecule has 1 atom stereocenters. The molecular weight excluding hydrogens is 389 g/mol. The number of nitrogens with one attached hydrogen (secondary N) is 1. The molecule has 2 rings (SSSR count). The average Bonchev–Trinajstić information content (AvgIpc) is 2.79. The summed E-state index contributed by atoms with van der Waals surface area (Å²) in [5, 5.41) is 11.8. The van der Waals surface area contributed by atoms with Gasteiger partial charge in [0.2, 0.25) is 0 Å². The highest BCUT2D eigenvalue weighted by Crippen LogP contribution is 2.36. The summed E-state index contributed by atoms with van der Waals surface area (Å²) in [7, 11) is -0.468. The second-order valence-electron chi connectivity index (χ2n) is 9.38. The third kappa shape index (κ3) is 6.63. The quantitative estimate of drug-likeness (QED) is 0.652. The molecule has 0 saturated carbocycles. The predicted molar refractivity (Wildman–Crippen MR) is 113 cm³/mol. The third-order valence-electron chi connectivity index (χ3n) is 5.04. The first-order chi connectivity index (χ1) is 13.7. The zero-order valence-corrected chi connectivity index (χ0v) is 18.8. The Balaban J connectivity index is 1.90. The minimum atomic E-state index is -1.14. The molecule has 1 aromatic carbocycles. The number of amides is 1. The number of hydrogen-bond donors (Lipinski definition) is 2. The summed E-state index contributed by atoms with van der Waals surface area (Å²) in [4.78, 5) is 23.4. The fourth-order valence-corrected chi connectivity index (χ4v) is 2.80. The molecule has 30 heavy (non-hydrogen) atoms. The van der Waals surface area contributed by atoms with E-state index in [1.165, 1.54) is 0 Å². The van der Waals surface area contributed by atoms with E-state index in [-0.39, 0.29) is 12.9 Å². The molecule has 1 fully saturated rings. The molecule has 9 heteroatoms. The highest BCUT2D eigenvalue weighted by molar-refractivity contribution is 6.45. The molecule has 0 bridgehead atoms. The van der Waals surface area contributed by atoms with Crippen molar-refractivity contribution < 1.29 is 33.5 Å². The van der Waals surface area contributed by atoms with E-state index in [0.717, 1.165) is 5.56 Å². The Morgan fingerprint density at radius 3 is 2.10 bits per heavy atom. The van der Waals surface area contributed by atoms with E-state index in [2.05, 4.69) is 5.32 Å². The van der Waals surface area contributed by atoms with Crippen molar-refractivity contribution in [1.82, 2.24) is 5.32 Å². The highest BCUT2D eigenvalue weighted by atomic mass is 16.7. The largest absolute Gasteiger partial charge is 0.498 e. The van der Waals surface area contributed by atoms with Crippen molar-refractivity contribution in [2.45, 2.75) is 77.7 Å². The fourth-order valence-electron chi connectivity index (χ4n) is 2.80. The zero-order chi connectivity index (χ0) is 22.7. The summed E-state index contributed by atoms with van der Waals surface area (Å²) in [6, 6.07) is 5.90. The Labute approximate surface area is 178 Å². The van der Waals surface area contributed by atoms with Crippen LogP contribution in [-0.2, 0) is 25.3 Å². The van der Waals surface area contributed by atoms with Crippen LogP contribution in [0.4, 0.5) is 4.79 Å². The van der Waals surface area contributed by atoms with Gasteiger partial charge in [-0.3, -0.25) is 0 Å². The van der Waals surface area contributed by atoms with Crippen LogP contribution in [0, 0.1) is 0 Å². The average molecular weight is 421 g/mol. The van der Waals surface area contributed by atoms with Crippen LogP contribution >= 0.6 is 0 Å². The Hall–Kier alpha value is -2.26. The van der Waals surface area contributed by atoms with E-state index >= 15 is 0 Å². The van der Waals surface area contributed by atoms with Crippen LogP contribution in [-0.4, -0.2) is 53.6 Å². The molecule has 0 aromatic heterocycles. The van der Waals surface area contributed by atoms with E-state index in [0.29, 0.717) is 5.75 Å². The monoisotopic (exact) mass is 421 g/mol. The van der Waals surface area contributed by atoms with Crippen molar-refractivity contribution in [1.29, 1.82) is 0 Å². The number of carbonyl (C=O) groups is 2. The number of carboxylic acid groups (broad SMARTS) is 1. The topological polar surface area (TPSA) is 103 Å². The van der Waals surface area contributed by atoms with Crippen molar-refractivity contribution in [3.05, 3.63) is 29.8 Å². The lowest BCUT2D eigenvalue weighted by Crippen LogP contribution is -2.44. The van der Waals surface area contributed by atoms with Crippen LogP contribution in [0.2, 0.25) is 0 Å². The minimum absolute atomic E-state index is 0.117. The van der Waals surface area contributed by atoms with E-state index in [4.69, 9.17) is 18.8 Å². The first-order valence-corrected chi connectivity index (χ1v) is 9.98. The normalized spacial score (nSPS) is 18.6. The lowest BCUT2D eigenvalue weighted by molar-refractivity contribution is -0.139. The van der Waals surface area contributed by atoms with Gasteiger partial charge in [0, 0.05) is 6.42 Å².